The number of hydrogen-bond donors (Lipinski definition) is 2. The van der Waals surface area contributed by atoms with Crippen LogP contribution in [0.15, 0.2) is 22.6 Å². The molecule has 0 spiro atoms. The largest absolute Gasteiger partial charge is 0.439 e. The van der Waals surface area contributed by atoms with Crippen molar-refractivity contribution in [3.05, 3.63) is 29.7 Å². The number of nitrogens with zero attached hydrogens (tertiary/aromatic N) is 2. The van der Waals surface area contributed by atoms with Gasteiger partial charge in [0, 0.05) is 26.1 Å². The number of fused-ring (bicyclic) bond motifs is 1. The van der Waals surface area contributed by atoms with Gasteiger partial charge in [-0.2, -0.15) is 0 Å². The highest BCUT2D eigenvalue weighted by molar-refractivity contribution is 5.78. The number of benzene rings is 1. The Labute approximate surface area is 194 Å². The van der Waals surface area contributed by atoms with Crippen LogP contribution in [0.2, 0.25) is 0 Å². The number of halogens is 4. The summed E-state index contributed by atoms with van der Waals surface area (Å²) in [6.07, 6.45) is 0.899. The van der Waals surface area contributed by atoms with Crippen LogP contribution >= 0.6 is 0 Å². The highest BCUT2D eigenvalue weighted by atomic mass is 19.3. The number of alkyl halides is 4. The maximum Gasteiger partial charge on any atom is 0.318 e. The molecule has 186 valence electrons. The summed E-state index contributed by atoms with van der Waals surface area (Å²) in [6.45, 7) is -0.715. The van der Waals surface area contributed by atoms with E-state index >= 15 is 0 Å². The van der Waals surface area contributed by atoms with Crippen LogP contribution in [0.5, 0.6) is 0 Å². The van der Waals surface area contributed by atoms with Gasteiger partial charge < -0.3 is 25.1 Å². The standard InChI is InChI=1S/C23H28F4N4O3/c24-22(25)5-3-14(4-6-22)18(28)19-30-16-11-15(1-2-17(16)34-19)21(7-9-33-10-8-21)31-13-23(26,27)12-29-20(31)32/h1-2,11,14,18H,3-10,12-13,28H2,(H,29,32)/t18-/m0/s1. The molecule has 11 heteroatoms. The number of aromatic nitrogens is 1. The summed E-state index contributed by atoms with van der Waals surface area (Å²) in [7, 11) is 0. The van der Waals surface area contributed by atoms with E-state index < -0.39 is 42.5 Å². The molecule has 1 saturated carbocycles. The van der Waals surface area contributed by atoms with Crippen LogP contribution in [0.1, 0.15) is 56.0 Å². The highest BCUT2D eigenvalue weighted by Crippen LogP contribution is 2.43. The molecule has 3 N–H and O–H groups in total. The van der Waals surface area contributed by atoms with Crippen molar-refractivity contribution in [2.75, 3.05) is 26.3 Å². The average Bonchev–Trinajstić information content (AvgIpc) is 3.24. The van der Waals surface area contributed by atoms with Crippen LogP contribution in [-0.2, 0) is 10.3 Å². The first-order valence-electron chi connectivity index (χ1n) is 11.6. The van der Waals surface area contributed by atoms with Crippen LogP contribution in [0.25, 0.3) is 11.1 Å². The number of rotatable bonds is 4. The number of ether oxygens (including phenoxy) is 1. The molecular formula is C23H28F4N4O3. The van der Waals surface area contributed by atoms with Gasteiger partial charge in [-0.3, -0.25) is 0 Å². The zero-order valence-corrected chi connectivity index (χ0v) is 18.7. The van der Waals surface area contributed by atoms with E-state index in [0.717, 1.165) is 0 Å². The molecule has 5 rings (SSSR count). The van der Waals surface area contributed by atoms with Gasteiger partial charge in [-0.05, 0) is 49.3 Å². The lowest BCUT2D eigenvalue weighted by Crippen LogP contribution is -2.64. The van der Waals surface area contributed by atoms with Crippen LogP contribution in [0, 0.1) is 5.92 Å². The summed E-state index contributed by atoms with van der Waals surface area (Å²) < 4.78 is 66.9. The van der Waals surface area contributed by atoms with Crippen LogP contribution < -0.4 is 11.1 Å². The number of oxazole rings is 1. The molecule has 0 unspecified atom stereocenters. The highest BCUT2D eigenvalue weighted by Gasteiger charge is 2.50. The Bertz CT molecular complexity index is 1060. The third-order valence-electron chi connectivity index (χ3n) is 7.47. The molecule has 2 aromatic rings. The van der Waals surface area contributed by atoms with Crippen molar-refractivity contribution < 1.29 is 31.5 Å². The fourth-order valence-corrected chi connectivity index (χ4v) is 5.43. The van der Waals surface area contributed by atoms with E-state index in [2.05, 4.69) is 10.3 Å². The summed E-state index contributed by atoms with van der Waals surface area (Å²) in [4.78, 5) is 18.4. The monoisotopic (exact) mass is 484 g/mol. The van der Waals surface area contributed by atoms with Gasteiger partial charge in [0.1, 0.15) is 5.52 Å². The van der Waals surface area contributed by atoms with Gasteiger partial charge >= 0.3 is 6.03 Å². The Hall–Kier alpha value is -2.40. The van der Waals surface area contributed by atoms with Crippen molar-refractivity contribution in [1.82, 2.24) is 15.2 Å². The summed E-state index contributed by atoms with van der Waals surface area (Å²) in [5, 5.41) is 2.30. The van der Waals surface area contributed by atoms with Crippen molar-refractivity contribution in [1.29, 1.82) is 0 Å². The van der Waals surface area contributed by atoms with Gasteiger partial charge in [0.05, 0.1) is 24.7 Å². The Morgan fingerprint density at radius 2 is 1.79 bits per heavy atom. The molecule has 1 aromatic carbocycles. The van der Waals surface area contributed by atoms with Gasteiger partial charge in [-0.1, -0.05) is 6.07 Å². The van der Waals surface area contributed by atoms with Gasteiger partial charge in [0.15, 0.2) is 5.58 Å². The zero-order valence-electron chi connectivity index (χ0n) is 18.7. The van der Waals surface area contributed by atoms with Crippen molar-refractivity contribution >= 4 is 17.1 Å². The van der Waals surface area contributed by atoms with E-state index in [1.54, 1.807) is 18.2 Å². The van der Waals surface area contributed by atoms with Gasteiger partial charge in [0.25, 0.3) is 5.92 Å². The third-order valence-corrected chi connectivity index (χ3v) is 7.47. The van der Waals surface area contributed by atoms with Crippen molar-refractivity contribution in [3.63, 3.8) is 0 Å². The van der Waals surface area contributed by atoms with Gasteiger partial charge in [-0.25, -0.2) is 27.3 Å². The Morgan fingerprint density at radius 1 is 1.09 bits per heavy atom. The van der Waals surface area contributed by atoms with Crippen LogP contribution in [-0.4, -0.2) is 54.1 Å². The van der Waals surface area contributed by atoms with E-state index in [-0.39, 0.29) is 24.7 Å². The van der Waals surface area contributed by atoms with E-state index in [0.29, 0.717) is 55.6 Å². The smallest absolute Gasteiger partial charge is 0.318 e. The second kappa shape index (κ2) is 8.37. The fraction of sp³-hybridized carbons (Fsp3) is 0.652. The summed E-state index contributed by atoms with van der Waals surface area (Å²) in [6, 6.07) is 4.05. The average molecular weight is 484 g/mol. The Kier molecular flexibility index (Phi) is 5.75. The lowest BCUT2D eigenvalue weighted by Gasteiger charge is -2.49. The summed E-state index contributed by atoms with van der Waals surface area (Å²) in [5.74, 6) is -5.59. The maximum absolute atomic E-state index is 14.3. The molecule has 1 atom stereocenters. The van der Waals surface area contributed by atoms with Crippen LogP contribution in [0.3, 0.4) is 0 Å². The number of nitrogens with one attached hydrogen (secondary N) is 1. The Balaban J connectivity index is 1.46. The molecule has 34 heavy (non-hydrogen) atoms. The van der Waals surface area contributed by atoms with E-state index in [9.17, 15) is 22.4 Å². The van der Waals surface area contributed by atoms with Crippen LogP contribution in [0.4, 0.5) is 22.4 Å². The zero-order chi connectivity index (χ0) is 24.1. The van der Waals surface area contributed by atoms with Crippen molar-refractivity contribution in [3.8, 4) is 0 Å². The normalized spacial score (nSPS) is 25.8. The molecule has 0 radical (unpaired) electrons. The first kappa shape index (κ1) is 23.3. The molecule has 7 nitrogen and oxygen atoms in total. The lowest BCUT2D eigenvalue weighted by atomic mass is 9.80. The van der Waals surface area contributed by atoms with Crippen molar-refractivity contribution in [2.45, 2.75) is 62.0 Å². The first-order valence-corrected chi connectivity index (χ1v) is 11.6. The number of urea groups is 1. The molecular weight excluding hydrogens is 456 g/mol. The van der Waals surface area contributed by atoms with Gasteiger partial charge in [-0.15, -0.1) is 0 Å². The lowest BCUT2D eigenvalue weighted by molar-refractivity contribution is -0.0868. The number of carbonyl (C=O) groups is 1. The predicted octanol–water partition coefficient (Wildman–Crippen LogP) is 4.32. The van der Waals surface area contributed by atoms with E-state index in [1.807, 2.05) is 0 Å². The third kappa shape index (κ3) is 4.24. The summed E-state index contributed by atoms with van der Waals surface area (Å²) >= 11 is 0. The fourth-order valence-electron chi connectivity index (χ4n) is 5.43. The number of hydrogen-bond acceptors (Lipinski definition) is 5. The molecule has 3 heterocycles. The van der Waals surface area contributed by atoms with Gasteiger partial charge in [0.2, 0.25) is 11.8 Å². The summed E-state index contributed by atoms with van der Waals surface area (Å²) in [5.41, 5.74) is 6.97. The molecule has 1 aliphatic carbocycles. The molecule has 2 saturated heterocycles. The minimum Gasteiger partial charge on any atom is -0.439 e. The van der Waals surface area contributed by atoms with E-state index in [1.165, 1.54) is 4.90 Å². The quantitative estimate of drug-likeness (QED) is 0.631. The minimum atomic E-state index is -3.05. The maximum atomic E-state index is 14.3. The first-order chi connectivity index (χ1) is 16.1. The second-order valence-electron chi connectivity index (χ2n) is 9.70. The topological polar surface area (TPSA) is 93.6 Å². The molecule has 2 aliphatic heterocycles. The molecule has 1 aromatic heterocycles. The second-order valence-corrected chi connectivity index (χ2v) is 9.70. The number of nitrogens with two attached hydrogens (primary N) is 1. The number of carbonyl (C=O) groups excluding carboxylic acids is 1. The molecule has 3 fully saturated rings. The predicted molar refractivity (Wildman–Crippen MR) is 115 cm³/mol. The molecule has 3 aliphatic rings. The molecule has 0 bridgehead atoms. The van der Waals surface area contributed by atoms with E-state index in [4.69, 9.17) is 14.9 Å². The Morgan fingerprint density at radius 3 is 2.50 bits per heavy atom. The minimum absolute atomic E-state index is 0.159. The molecule has 2 amide bonds. The SMILES string of the molecule is N[C@H](c1nc2cc(C3(N4CC(F)(F)CNC4=O)CCOCC3)ccc2o1)C1CCC(F)(F)CC1. The number of amides is 2. The van der Waals surface area contributed by atoms with Crippen molar-refractivity contribution in [2.24, 2.45) is 11.7 Å².